The van der Waals surface area contributed by atoms with Crippen LogP contribution in [0.25, 0.3) is 0 Å². The average molecular weight is 504 g/mol. The number of aliphatic hydroxyl groups excluding tert-OH is 1. The number of nitrogens with zero attached hydrogens (tertiary/aromatic N) is 1. The summed E-state index contributed by atoms with van der Waals surface area (Å²) in [6.45, 7) is 0.833. The Bertz CT molecular complexity index is 967. The summed E-state index contributed by atoms with van der Waals surface area (Å²) < 4.78 is 0. The second-order valence-electron chi connectivity index (χ2n) is 9.16. The molecule has 2 aliphatic rings. The molecule has 1 aromatic carbocycles. The van der Waals surface area contributed by atoms with Crippen molar-refractivity contribution >= 4 is 29.6 Å². The standard InChI is InChI=1S/C24H33N5O7/c25-19(30)13-17(28-21(32)15-8-4-10-26-15)22(33)27-16(12-14-6-2-1-3-7-14)20(31)23(34)29-11-5-9-18(29)24(35)36/h1-3,6-7,15-18,20,26,31H,4-5,8-13H2,(H2,25,30)(H,27,33)(H,28,32)(H,35,36)/t15-,16-,17-,18-,20?/m0/s1. The van der Waals surface area contributed by atoms with E-state index in [-0.39, 0.29) is 19.4 Å². The first kappa shape index (κ1) is 27.1. The lowest BCUT2D eigenvalue weighted by molar-refractivity contribution is -0.153. The van der Waals surface area contributed by atoms with Crippen molar-refractivity contribution in [2.24, 2.45) is 5.73 Å². The summed E-state index contributed by atoms with van der Waals surface area (Å²) in [4.78, 5) is 63.1. The maximum Gasteiger partial charge on any atom is 0.326 e. The third-order valence-corrected chi connectivity index (χ3v) is 6.50. The molecule has 0 radical (unpaired) electrons. The zero-order valence-corrected chi connectivity index (χ0v) is 19.9. The highest BCUT2D eigenvalue weighted by Gasteiger charge is 2.40. The number of hydrogen-bond donors (Lipinski definition) is 6. The van der Waals surface area contributed by atoms with Crippen LogP contribution in [0.4, 0.5) is 0 Å². The molecule has 5 atom stereocenters. The van der Waals surface area contributed by atoms with Crippen molar-refractivity contribution in [3.05, 3.63) is 35.9 Å². The number of primary amides is 1. The van der Waals surface area contributed by atoms with E-state index in [4.69, 9.17) is 5.73 Å². The number of carbonyl (C=O) groups is 5. The van der Waals surface area contributed by atoms with E-state index in [9.17, 15) is 34.2 Å². The smallest absolute Gasteiger partial charge is 0.326 e. The lowest BCUT2D eigenvalue weighted by Crippen LogP contribution is -2.59. The van der Waals surface area contributed by atoms with Gasteiger partial charge < -0.3 is 36.8 Å². The van der Waals surface area contributed by atoms with E-state index in [0.29, 0.717) is 24.9 Å². The minimum Gasteiger partial charge on any atom is -0.480 e. The zero-order chi connectivity index (χ0) is 26.2. The van der Waals surface area contributed by atoms with Gasteiger partial charge in [0.1, 0.15) is 12.1 Å². The van der Waals surface area contributed by atoms with E-state index < -0.39 is 66.3 Å². The molecule has 1 unspecified atom stereocenters. The topological polar surface area (TPSA) is 191 Å². The van der Waals surface area contributed by atoms with Gasteiger partial charge in [0.25, 0.3) is 5.91 Å². The van der Waals surface area contributed by atoms with E-state index in [1.54, 1.807) is 30.3 Å². The Morgan fingerprint density at radius 2 is 1.81 bits per heavy atom. The molecular weight excluding hydrogens is 470 g/mol. The molecule has 12 nitrogen and oxygen atoms in total. The highest BCUT2D eigenvalue weighted by Crippen LogP contribution is 2.20. The monoisotopic (exact) mass is 503 g/mol. The molecule has 3 rings (SSSR count). The first-order valence-electron chi connectivity index (χ1n) is 12.0. The van der Waals surface area contributed by atoms with Crippen molar-refractivity contribution in [3.63, 3.8) is 0 Å². The summed E-state index contributed by atoms with van der Waals surface area (Å²) in [6.07, 6.45) is -0.0480. The largest absolute Gasteiger partial charge is 0.480 e. The third kappa shape index (κ3) is 7.01. The van der Waals surface area contributed by atoms with Gasteiger partial charge in [-0.1, -0.05) is 30.3 Å². The maximum atomic E-state index is 13.2. The Hall–Kier alpha value is -3.51. The van der Waals surface area contributed by atoms with Crippen molar-refractivity contribution in [1.82, 2.24) is 20.9 Å². The summed E-state index contributed by atoms with van der Waals surface area (Å²) in [6, 6.07) is 4.79. The average Bonchev–Trinajstić information content (AvgIpc) is 3.55. The van der Waals surface area contributed by atoms with Gasteiger partial charge in [0.05, 0.1) is 18.5 Å². The van der Waals surface area contributed by atoms with Crippen LogP contribution in [0, 0.1) is 0 Å². The molecule has 0 bridgehead atoms. The highest BCUT2D eigenvalue weighted by atomic mass is 16.4. The minimum atomic E-state index is -1.75. The fraction of sp³-hybridized carbons (Fsp3) is 0.542. The van der Waals surface area contributed by atoms with Crippen LogP contribution in [-0.4, -0.2) is 88.1 Å². The van der Waals surface area contributed by atoms with E-state index in [1.807, 2.05) is 0 Å². The van der Waals surface area contributed by atoms with E-state index in [2.05, 4.69) is 16.0 Å². The molecule has 1 aromatic rings. The molecule has 4 amide bonds. The Labute approximate surface area is 208 Å². The fourth-order valence-electron chi connectivity index (χ4n) is 4.61. The van der Waals surface area contributed by atoms with Gasteiger partial charge in [-0.25, -0.2) is 4.79 Å². The van der Waals surface area contributed by atoms with Gasteiger partial charge in [-0.2, -0.15) is 0 Å². The number of carbonyl (C=O) groups excluding carboxylic acids is 4. The lowest BCUT2D eigenvalue weighted by Gasteiger charge is -2.30. The summed E-state index contributed by atoms with van der Waals surface area (Å²) >= 11 is 0. The molecule has 196 valence electrons. The summed E-state index contributed by atoms with van der Waals surface area (Å²) in [5.41, 5.74) is 6.00. The SMILES string of the molecule is NC(=O)C[C@H](NC(=O)[C@@H]1CCCN1)C(=O)N[C@@H](Cc1ccccc1)C(O)C(=O)N1CCC[C@H]1C(=O)O. The Morgan fingerprint density at radius 3 is 2.42 bits per heavy atom. The van der Waals surface area contributed by atoms with Gasteiger partial charge in [-0.3, -0.25) is 19.2 Å². The number of rotatable bonds is 11. The predicted molar refractivity (Wildman–Crippen MR) is 127 cm³/mol. The Kier molecular flexibility index (Phi) is 9.37. The molecule has 2 aliphatic heterocycles. The maximum absolute atomic E-state index is 13.2. The molecular formula is C24H33N5O7. The predicted octanol–water partition coefficient (Wildman–Crippen LogP) is -1.74. The zero-order valence-electron chi connectivity index (χ0n) is 19.9. The summed E-state index contributed by atoms with van der Waals surface area (Å²) in [7, 11) is 0. The highest BCUT2D eigenvalue weighted by molar-refractivity contribution is 5.94. The number of nitrogens with one attached hydrogen (secondary N) is 3. The number of nitrogens with two attached hydrogens (primary N) is 1. The number of aliphatic carboxylic acids is 1. The molecule has 0 aliphatic carbocycles. The van der Waals surface area contributed by atoms with Crippen LogP contribution in [0.5, 0.6) is 0 Å². The van der Waals surface area contributed by atoms with E-state index in [0.717, 1.165) is 11.3 Å². The summed E-state index contributed by atoms with van der Waals surface area (Å²) in [5.74, 6) is -4.03. The number of benzene rings is 1. The normalized spacial score (nSPS) is 21.9. The van der Waals surface area contributed by atoms with E-state index >= 15 is 0 Å². The number of amides is 4. The van der Waals surface area contributed by atoms with Gasteiger partial charge in [0.15, 0.2) is 6.10 Å². The van der Waals surface area contributed by atoms with Crippen molar-refractivity contribution in [1.29, 1.82) is 0 Å². The van der Waals surface area contributed by atoms with Crippen LogP contribution in [0.3, 0.4) is 0 Å². The second-order valence-corrected chi connectivity index (χ2v) is 9.16. The number of aliphatic hydroxyl groups is 1. The van der Waals surface area contributed by atoms with Gasteiger partial charge in [0.2, 0.25) is 17.7 Å². The quantitative estimate of drug-likeness (QED) is 0.205. The molecule has 0 aromatic heterocycles. The molecule has 2 heterocycles. The first-order chi connectivity index (χ1) is 17.2. The van der Waals surface area contributed by atoms with Crippen LogP contribution in [0.1, 0.15) is 37.7 Å². The number of carboxylic acid groups (broad SMARTS) is 1. The number of hydrogen-bond acceptors (Lipinski definition) is 7. The Balaban J connectivity index is 1.78. The van der Waals surface area contributed by atoms with Crippen LogP contribution in [-0.2, 0) is 30.4 Å². The number of likely N-dealkylation sites (tertiary alicyclic amines) is 1. The van der Waals surface area contributed by atoms with Crippen molar-refractivity contribution in [2.75, 3.05) is 13.1 Å². The fourth-order valence-corrected chi connectivity index (χ4v) is 4.61. The number of carboxylic acids is 1. The molecule has 0 saturated carbocycles. The Morgan fingerprint density at radius 1 is 1.08 bits per heavy atom. The molecule has 2 saturated heterocycles. The molecule has 12 heteroatoms. The third-order valence-electron chi connectivity index (χ3n) is 6.50. The first-order valence-corrected chi connectivity index (χ1v) is 12.0. The molecule has 36 heavy (non-hydrogen) atoms. The minimum absolute atomic E-state index is 0.0481. The van der Waals surface area contributed by atoms with Crippen LogP contribution >= 0.6 is 0 Å². The van der Waals surface area contributed by atoms with Gasteiger partial charge in [-0.05, 0) is 44.2 Å². The van der Waals surface area contributed by atoms with Crippen molar-refractivity contribution in [2.45, 2.75) is 68.8 Å². The van der Waals surface area contributed by atoms with Crippen LogP contribution < -0.4 is 21.7 Å². The molecule has 0 spiro atoms. The second kappa shape index (κ2) is 12.5. The van der Waals surface area contributed by atoms with Gasteiger partial charge in [-0.15, -0.1) is 0 Å². The van der Waals surface area contributed by atoms with Crippen molar-refractivity contribution in [3.8, 4) is 0 Å². The van der Waals surface area contributed by atoms with E-state index in [1.165, 1.54) is 0 Å². The van der Waals surface area contributed by atoms with Gasteiger partial charge >= 0.3 is 5.97 Å². The molecule has 2 fully saturated rings. The lowest BCUT2D eigenvalue weighted by atomic mass is 9.99. The van der Waals surface area contributed by atoms with Gasteiger partial charge in [0, 0.05) is 6.54 Å². The summed E-state index contributed by atoms with van der Waals surface area (Å²) in [5, 5.41) is 28.5. The van der Waals surface area contributed by atoms with Crippen molar-refractivity contribution < 1.29 is 34.2 Å². The molecule has 7 N–H and O–H groups in total. The van der Waals surface area contributed by atoms with Crippen LogP contribution in [0.2, 0.25) is 0 Å². The van der Waals surface area contributed by atoms with Crippen LogP contribution in [0.15, 0.2) is 30.3 Å².